The van der Waals surface area contributed by atoms with Gasteiger partial charge in [-0.3, -0.25) is 0 Å². The van der Waals surface area contributed by atoms with Crippen molar-refractivity contribution in [3.63, 3.8) is 0 Å². The third kappa shape index (κ3) is 4.45. The van der Waals surface area contributed by atoms with Gasteiger partial charge in [-0.15, -0.1) is 23.2 Å². The van der Waals surface area contributed by atoms with Gasteiger partial charge < -0.3 is 0 Å². The number of alkyl halides is 2. The van der Waals surface area contributed by atoms with Crippen molar-refractivity contribution in [2.45, 2.75) is 0 Å². The average Bonchev–Trinajstić information content (AvgIpc) is 1.89. The molecule has 0 fully saturated rings. The zero-order chi connectivity index (χ0) is 7.98. The lowest BCUT2D eigenvalue weighted by Gasteiger charge is -1.92. The molecule has 0 bridgehead atoms. The van der Waals surface area contributed by atoms with E-state index in [2.05, 4.69) is 0 Å². The number of hydrogen-bond acceptors (Lipinski definition) is 0. The minimum Gasteiger partial charge on any atom is -0.122 e. The smallest absolute Gasteiger partial charge is 0.0561 e. The van der Waals surface area contributed by atoms with Gasteiger partial charge in [-0.1, -0.05) is 23.2 Å². The molecule has 0 saturated carbocycles. The summed E-state index contributed by atoms with van der Waals surface area (Å²) in [5.41, 5.74) is 0. The fourth-order valence-corrected chi connectivity index (χ4v) is 1.11. The van der Waals surface area contributed by atoms with E-state index in [4.69, 9.17) is 46.4 Å². The van der Waals surface area contributed by atoms with Crippen LogP contribution < -0.4 is 0 Å². The summed E-state index contributed by atoms with van der Waals surface area (Å²) in [7, 11) is 0. The van der Waals surface area contributed by atoms with Gasteiger partial charge in [0, 0.05) is 11.8 Å². The Kier molecular flexibility index (Phi) is 6.76. The summed E-state index contributed by atoms with van der Waals surface area (Å²) in [6, 6.07) is 0. The molecule has 0 atom stereocenters. The lowest BCUT2D eigenvalue weighted by Crippen LogP contribution is -1.75. The predicted octanol–water partition coefficient (Wildman–Crippen LogP) is 3.71. The molecule has 0 radical (unpaired) electrons. The fraction of sp³-hybridized carbons (Fsp3) is 0.333. The first-order chi connectivity index (χ1) is 4.72. The highest BCUT2D eigenvalue weighted by Crippen LogP contribution is 2.18. The van der Waals surface area contributed by atoms with Gasteiger partial charge in [0.15, 0.2) is 0 Å². The number of rotatable bonds is 3. The normalized spacial score (nSPS) is 14.0. The Morgan fingerprint density at radius 1 is 0.900 bits per heavy atom. The van der Waals surface area contributed by atoms with Crippen LogP contribution in [0.15, 0.2) is 22.2 Å². The summed E-state index contributed by atoms with van der Waals surface area (Å²) >= 11 is 22.0. The van der Waals surface area contributed by atoms with Gasteiger partial charge in [-0.05, 0) is 12.2 Å². The van der Waals surface area contributed by atoms with Crippen LogP contribution in [0, 0.1) is 0 Å². The Labute approximate surface area is 80.4 Å². The molecule has 0 aliphatic heterocycles. The van der Waals surface area contributed by atoms with Crippen molar-refractivity contribution in [1.29, 1.82) is 0 Å². The van der Waals surface area contributed by atoms with Crippen LogP contribution in [0.2, 0.25) is 0 Å². The quantitative estimate of drug-likeness (QED) is 0.502. The van der Waals surface area contributed by atoms with Crippen molar-refractivity contribution in [3.05, 3.63) is 22.2 Å². The summed E-state index contributed by atoms with van der Waals surface area (Å²) in [6.07, 6.45) is 3.21. The van der Waals surface area contributed by atoms with E-state index in [1.165, 1.54) is 0 Å². The van der Waals surface area contributed by atoms with Gasteiger partial charge in [0.1, 0.15) is 0 Å². The molecule has 0 aromatic rings. The number of allylic oxidation sites excluding steroid dienone is 4. The second-order valence-electron chi connectivity index (χ2n) is 1.41. The molecule has 0 aliphatic rings. The molecule has 0 heterocycles. The van der Waals surface area contributed by atoms with Crippen LogP contribution in [0.1, 0.15) is 0 Å². The highest BCUT2D eigenvalue weighted by Gasteiger charge is 1.95. The topological polar surface area (TPSA) is 0 Å². The largest absolute Gasteiger partial charge is 0.122 e. The minimum atomic E-state index is 0.352. The Morgan fingerprint density at radius 3 is 1.40 bits per heavy atom. The van der Waals surface area contributed by atoms with E-state index in [0.29, 0.717) is 21.8 Å². The summed E-state index contributed by atoms with van der Waals surface area (Å²) in [5, 5.41) is 0.884. The number of halogens is 4. The van der Waals surface area contributed by atoms with E-state index in [9.17, 15) is 0 Å². The first-order valence-corrected chi connectivity index (χ1v) is 4.38. The lowest BCUT2D eigenvalue weighted by atomic mass is 10.4. The molecule has 0 nitrogen and oxygen atoms in total. The maximum absolute atomic E-state index is 5.63. The van der Waals surface area contributed by atoms with Crippen molar-refractivity contribution in [2.24, 2.45) is 0 Å². The molecular formula is C6H6Cl4. The second kappa shape index (κ2) is 6.36. The van der Waals surface area contributed by atoms with Crippen LogP contribution in [0.3, 0.4) is 0 Å². The van der Waals surface area contributed by atoms with Crippen LogP contribution in [0.25, 0.3) is 0 Å². The molecule has 0 rings (SSSR count). The van der Waals surface area contributed by atoms with Gasteiger partial charge in [-0.25, -0.2) is 0 Å². The SMILES string of the molecule is ClC/C=C(Cl)/C(Cl)=C/CCl. The molecule has 58 valence electrons. The van der Waals surface area contributed by atoms with E-state index >= 15 is 0 Å². The van der Waals surface area contributed by atoms with Gasteiger partial charge >= 0.3 is 0 Å². The Balaban J connectivity index is 4.06. The first kappa shape index (κ1) is 10.6. The van der Waals surface area contributed by atoms with E-state index < -0.39 is 0 Å². The van der Waals surface area contributed by atoms with E-state index in [1.807, 2.05) is 0 Å². The molecule has 4 heteroatoms. The molecule has 0 saturated heterocycles. The zero-order valence-corrected chi connectivity index (χ0v) is 8.10. The van der Waals surface area contributed by atoms with Gasteiger partial charge in [0.2, 0.25) is 0 Å². The highest BCUT2D eigenvalue weighted by atomic mass is 35.5. The van der Waals surface area contributed by atoms with Crippen molar-refractivity contribution in [3.8, 4) is 0 Å². The van der Waals surface area contributed by atoms with Crippen LogP contribution in [0.4, 0.5) is 0 Å². The maximum atomic E-state index is 5.63. The number of hydrogen-bond donors (Lipinski definition) is 0. The van der Waals surface area contributed by atoms with Crippen molar-refractivity contribution in [2.75, 3.05) is 11.8 Å². The predicted molar refractivity (Wildman–Crippen MR) is 49.3 cm³/mol. The third-order valence-electron chi connectivity index (χ3n) is 0.741. The van der Waals surface area contributed by atoms with Crippen molar-refractivity contribution >= 4 is 46.4 Å². The van der Waals surface area contributed by atoms with E-state index in [-0.39, 0.29) is 0 Å². The Morgan fingerprint density at radius 2 is 1.20 bits per heavy atom. The van der Waals surface area contributed by atoms with Gasteiger partial charge in [0.25, 0.3) is 0 Å². The third-order valence-corrected chi connectivity index (χ3v) is 1.86. The summed E-state index contributed by atoms with van der Waals surface area (Å²) < 4.78 is 0. The fourth-order valence-electron chi connectivity index (χ4n) is 0.330. The highest BCUT2D eigenvalue weighted by molar-refractivity contribution is 6.44. The molecule has 0 aromatic heterocycles. The van der Waals surface area contributed by atoms with E-state index in [0.717, 1.165) is 0 Å². The zero-order valence-electron chi connectivity index (χ0n) is 5.08. The molecule has 0 aliphatic carbocycles. The summed E-state index contributed by atoms with van der Waals surface area (Å²) in [6.45, 7) is 0. The molecular weight excluding hydrogens is 214 g/mol. The first-order valence-electron chi connectivity index (χ1n) is 2.56. The van der Waals surface area contributed by atoms with E-state index in [1.54, 1.807) is 12.2 Å². The monoisotopic (exact) mass is 218 g/mol. The van der Waals surface area contributed by atoms with Crippen LogP contribution >= 0.6 is 46.4 Å². The Hall–Kier alpha value is 0.640. The maximum Gasteiger partial charge on any atom is 0.0561 e. The molecule has 10 heavy (non-hydrogen) atoms. The van der Waals surface area contributed by atoms with Gasteiger partial charge in [-0.2, -0.15) is 0 Å². The molecule has 0 N–H and O–H groups in total. The van der Waals surface area contributed by atoms with Crippen molar-refractivity contribution < 1.29 is 0 Å². The van der Waals surface area contributed by atoms with Crippen LogP contribution in [-0.4, -0.2) is 11.8 Å². The molecule has 0 aromatic carbocycles. The minimum absolute atomic E-state index is 0.352. The Bertz CT molecular complexity index is 130. The average molecular weight is 220 g/mol. The lowest BCUT2D eigenvalue weighted by molar-refractivity contribution is 1.63. The molecule has 0 amide bonds. The van der Waals surface area contributed by atoms with Crippen molar-refractivity contribution in [1.82, 2.24) is 0 Å². The van der Waals surface area contributed by atoms with Gasteiger partial charge in [0.05, 0.1) is 10.1 Å². The molecule has 0 unspecified atom stereocenters. The van der Waals surface area contributed by atoms with Crippen LogP contribution in [0.5, 0.6) is 0 Å². The van der Waals surface area contributed by atoms with Crippen LogP contribution in [-0.2, 0) is 0 Å². The summed E-state index contributed by atoms with van der Waals surface area (Å²) in [4.78, 5) is 0. The second-order valence-corrected chi connectivity index (χ2v) is 2.84. The summed E-state index contributed by atoms with van der Waals surface area (Å²) in [5.74, 6) is 0.705. The molecule has 0 spiro atoms. The standard InChI is InChI=1S/C6H6Cl4/c7-3-1-5(9)6(10)2-4-8/h1-2H,3-4H2/b5-1-,6-2-.